The van der Waals surface area contributed by atoms with Crippen molar-refractivity contribution in [3.63, 3.8) is 0 Å². The molecule has 1 aromatic carbocycles. The van der Waals surface area contributed by atoms with Crippen molar-refractivity contribution in [2.45, 2.75) is 44.0 Å². The van der Waals surface area contributed by atoms with Gasteiger partial charge in [0.05, 0.1) is 18.3 Å². The van der Waals surface area contributed by atoms with Gasteiger partial charge in [0.15, 0.2) is 0 Å². The lowest BCUT2D eigenvalue weighted by atomic mass is 9.99. The lowest BCUT2D eigenvalue weighted by molar-refractivity contribution is -0.111. The third-order valence-electron chi connectivity index (χ3n) is 4.76. The number of β-amino-alcohol motifs (C(OH)–C–C–N with tert-alkyl or cyclic N) is 1. The van der Waals surface area contributed by atoms with Crippen molar-refractivity contribution in [2.75, 3.05) is 26.2 Å². The Morgan fingerprint density at radius 1 is 1.22 bits per heavy atom. The predicted molar refractivity (Wildman–Crippen MR) is 81.6 cm³/mol. The topological polar surface area (TPSA) is 41.9 Å². The molecule has 3 rings (SSSR count). The van der Waals surface area contributed by atoms with Crippen LogP contribution < -0.4 is 4.74 Å². The molecule has 2 aliphatic rings. The number of nitrogens with zero attached hydrogens (tertiary/aromatic N) is 1. The fourth-order valence-corrected chi connectivity index (χ4v) is 3.62. The van der Waals surface area contributed by atoms with Gasteiger partial charge in [-0.15, -0.1) is 0 Å². The average Bonchev–Trinajstić information content (AvgIpc) is 2.95. The van der Waals surface area contributed by atoms with E-state index < -0.39 is 12.7 Å². The van der Waals surface area contributed by atoms with E-state index in [1.165, 1.54) is 25.0 Å². The first kappa shape index (κ1) is 16.6. The Bertz CT molecular complexity index is 503. The number of halogens is 2. The minimum absolute atomic E-state index is 0.0209. The summed E-state index contributed by atoms with van der Waals surface area (Å²) in [7, 11) is 0. The lowest BCUT2D eigenvalue weighted by Gasteiger charge is -2.41. The third kappa shape index (κ3) is 4.19. The second-order valence-corrected chi connectivity index (χ2v) is 6.44. The van der Waals surface area contributed by atoms with E-state index in [0.29, 0.717) is 18.7 Å². The molecule has 23 heavy (non-hydrogen) atoms. The van der Waals surface area contributed by atoms with Crippen LogP contribution in [0.5, 0.6) is 5.75 Å². The van der Waals surface area contributed by atoms with Crippen LogP contribution in [0, 0.1) is 0 Å². The monoisotopic (exact) mass is 327 g/mol. The summed E-state index contributed by atoms with van der Waals surface area (Å²) < 4.78 is 34.6. The van der Waals surface area contributed by atoms with E-state index in [-0.39, 0.29) is 11.4 Å². The van der Waals surface area contributed by atoms with Gasteiger partial charge in [-0.25, -0.2) is 0 Å². The van der Waals surface area contributed by atoms with Gasteiger partial charge < -0.3 is 14.6 Å². The maximum atomic E-state index is 12.1. The Morgan fingerprint density at radius 3 is 2.57 bits per heavy atom. The summed E-state index contributed by atoms with van der Waals surface area (Å²) in [5.41, 5.74) is 0.686. The van der Waals surface area contributed by atoms with E-state index in [4.69, 9.17) is 4.74 Å². The van der Waals surface area contributed by atoms with Crippen LogP contribution in [0.2, 0.25) is 0 Å². The number of hydrogen-bond donors (Lipinski definition) is 1. The molecule has 1 spiro atoms. The van der Waals surface area contributed by atoms with Crippen LogP contribution in [0.15, 0.2) is 24.3 Å². The van der Waals surface area contributed by atoms with Gasteiger partial charge in [0.25, 0.3) is 0 Å². The zero-order chi connectivity index (χ0) is 16.3. The fraction of sp³-hybridized carbons (Fsp3) is 0.647. The highest BCUT2D eigenvalue weighted by Crippen LogP contribution is 2.36. The normalized spacial score (nSPS) is 22.6. The maximum Gasteiger partial charge on any atom is 0.387 e. The van der Waals surface area contributed by atoms with E-state index in [0.717, 1.165) is 25.9 Å². The number of aliphatic hydroxyl groups is 1. The first-order valence-corrected chi connectivity index (χ1v) is 8.15. The Morgan fingerprint density at radius 2 is 1.91 bits per heavy atom. The Labute approximate surface area is 135 Å². The van der Waals surface area contributed by atoms with Crippen LogP contribution in [0.25, 0.3) is 0 Å². The molecule has 1 N–H and O–H groups in total. The van der Waals surface area contributed by atoms with E-state index in [1.807, 2.05) is 0 Å². The highest BCUT2D eigenvalue weighted by atomic mass is 19.3. The van der Waals surface area contributed by atoms with Crippen LogP contribution in [0.1, 0.15) is 37.4 Å². The van der Waals surface area contributed by atoms with Crippen molar-refractivity contribution < 1.29 is 23.4 Å². The average molecular weight is 327 g/mol. The van der Waals surface area contributed by atoms with E-state index >= 15 is 0 Å². The molecule has 1 saturated heterocycles. The maximum absolute atomic E-state index is 12.1. The van der Waals surface area contributed by atoms with Gasteiger partial charge in [0.1, 0.15) is 5.75 Å². The number of aliphatic hydroxyl groups excluding tert-OH is 1. The van der Waals surface area contributed by atoms with Gasteiger partial charge in [-0.3, -0.25) is 4.90 Å². The Kier molecular flexibility index (Phi) is 5.14. The molecule has 0 radical (unpaired) electrons. The summed E-state index contributed by atoms with van der Waals surface area (Å²) in [6.07, 6.45) is 3.97. The van der Waals surface area contributed by atoms with Gasteiger partial charge in [0, 0.05) is 19.6 Å². The van der Waals surface area contributed by atoms with Gasteiger partial charge >= 0.3 is 6.61 Å². The van der Waals surface area contributed by atoms with Crippen LogP contribution in [0.3, 0.4) is 0 Å². The molecule has 1 heterocycles. The van der Waals surface area contributed by atoms with Crippen molar-refractivity contribution in [3.05, 3.63) is 29.8 Å². The standard InChI is InChI=1S/C17H23F2NO3/c18-16(19)23-14-5-3-13(4-6-14)15(21)11-20-9-10-22-17(12-20)7-1-2-8-17/h3-6,15-16,21H,1-2,7-12H2. The number of benzene rings is 1. The Hall–Kier alpha value is -1.24. The molecule has 4 nitrogen and oxygen atoms in total. The first-order valence-electron chi connectivity index (χ1n) is 8.15. The number of hydrogen-bond acceptors (Lipinski definition) is 4. The van der Waals surface area contributed by atoms with Crippen molar-refractivity contribution in [1.29, 1.82) is 0 Å². The molecule has 1 aliphatic heterocycles. The summed E-state index contributed by atoms with van der Waals surface area (Å²) in [5.74, 6) is 0.104. The molecule has 2 fully saturated rings. The van der Waals surface area contributed by atoms with Crippen molar-refractivity contribution >= 4 is 0 Å². The molecule has 1 aromatic rings. The quantitative estimate of drug-likeness (QED) is 0.903. The molecule has 1 unspecified atom stereocenters. The van der Waals surface area contributed by atoms with Gasteiger partial charge in [-0.1, -0.05) is 25.0 Å². The zero-order valence-corrected chi connectivity index (χ0v) is 13.1. The van der Waals surface area contributed by atoms with Crippen LogP contribution >= 0.6 is 0 Å². The number of ether oxygens (including phenoxy) is 2. The summed E-state index contributed by atoms with van der Waals surface area (Å²) in [4.78, 5) is 2.24. The third-order valence-corrected chi connectivity index (χ3v) is 4.76. The Balaban J connectivity index is 1.56. The minimum atomic E-state index is -2.83. The van der Waals surface area contributed by atoms with E-state index in [2.05, 4.69) is 9.64 Å². The molecule has 0 amide bonds. The molecule has 1 atom stereocenters. The number of morpholine rings is 1. The molecule has 1 saturated carbocycles. The highest BCUT2D eigenvalue weighted by Gasteiger charge is 2.39. The summed E-state index contributed by atoms with van der Waals surface area (Å²) in [6.45, 7) is 0.0671. The predicted octanol–water partition coefficient (Wildman–Crippen LogP) is 2.97. The van der Waals surface area contributed by atoms with Crippen molar-refractivity contribution in [3.8, 4) is 5.75 Å². The first-order chi connectivity index (χ1) is 11.1. The summed E-state index contributed by atoms with van der Waals surface area (Å²) >= 11 is 0. The van der Waals surface area contributed by atoms with Crippen LogP contribution in [-0.4, -0.2) is 48.5 Å². The number of alkyl halides is 2. The van der Waals surface area contributed by atoms with Crippen LogP contribution in [0.4, 0.5) is 8.78 Å². The highest BCUT2D eigenvalue weighted by molar-refractivity contribution is 5.28. The summed E-state index contributed by atoms with van der Waals surface area (Å²) in [6, 6.07) is 6.19. The summed E-state index contributed by atoms with van der Waals surface area (Å²) in [5, 5.41) is 10.4. The molecule has 0 aromatic heterocycles. The van der Waals surface area contributed by atoms with Gasteiger partial charge in [0.2, 0.25) is 0 Å². The molecular formula is C17H23F2NO3. The SMILES string of the molecule is OC(CN1CCOC2(CCCC2)C1)c1ccc(OC(F)F)cc1. The zero-order valence-electron chi connectivity index (χ0n) is 13.1. The fourth-order valence-electron chi connectivity index (χ4n) is 3.62. The minimum Gasteiger partial charge on any atom is -0.435 e. The largest absolute Gasteiger partial charge is 0.435 e. The number of rotatable bonds is 5. The van der Waals surface area contributed by atoms with Gasteiger partial charge in [-0.05, 0) is 30.5 Å². The molecule has 128 valence electrons. The molecule has 6 heteroatoms. The molecule has 0 bridgehead atoms. The van der Waals surface area contributed by atoms with Gasteiger partial charge in [-0.2, -0.15) is 8.78 Å². The van der Waals surface area contributed by atoms with Crippen molar-refractivity contribution in [1.82, 2.24) is 4.90 Å². The van der Waals surface area contributed by atoms with Crippen molar-refractivity contribution in [2.24, 2.45) is 0 Å². The second kappa shape index (κ2) is 7.11. The smallest absolute Gasteiger partial charge is 0.387 e. The van der Waals surface area contributed by atoms with Crippen LogP contribution in [-0.2, 0) is 4.74 Å². The molecular weight excluding hydrogens is 304 g/mol. The van der Waals surface area contributed by atoms with E-state index in [1.54, 1.807) is 12.1 Å². The lowest BCUT2D eigenvalue weighted by Crippen LogP contribution is -2.51. The van der Waals surface area contributed by atoms with E-state index in [9.17, 15) is 13.9 Å². The molecule has 1 aliphatic carbocycles. The second-order valence-electron chi connectivity index (χ2n) is 6.44.